The maximum atomic E-state index is 11.5. The topological polar surface area (TPSA) is 140 Å². The van der Waals surface area contributed by atoms with Crippen LogP contribution in [-0.2, 0) is 31.6 Å². The molecule has 0 atom stereocenters. The number of rotatable bonds is 4. The fourth-order valence-corrected chi connectivity index (χ4v) is 3.66. The molecular weight excluding hydrogens is 280 g/mol. The van der Waals surface area contributed by atoms with E-state index in [2.05, 4.69) is 0 Å². The third-order valence-electron chi connectivity index (χ3n) is 2.40. The Morgan fingerprint density at radius 3 is 2.00 bits per heavy atom. The van der Waals surface area contributed by atoms with Gasteiger partial charge in [-0.2, -0.15) is 0 Å². The molecule has 0 aliphatic carbocycles. The normalized spacial score (nSPS) is 12.7. The molecule has 1 rings (SSSR count). The number of hydrogen-bond donors (Lipinski definition) is 2. The van der Waals surface area contributed by atoms with E-state index in [0.717, 1.165) is 0 Å². The van der Waals surface area contributed by atoms with Crippen molar-refractivity contribution in [1.29, 1.82) is 0 Å². The van der Waals surface area contributed by atoms with Crippen LogP contribution in [0.25, 0.3) is 0 Å². The van der Waals surface area contributed by atoms with E-state index in [1.807, 2.05) is 0 Å². The van der Waals surface area contributed by atoms with Crippen LogP contribution >= 0.6 is 0 Å². The van der Waals surface area contributed by atoms with Crippen molar-refractivity contribution in [2.45, 2.75) is 23.1 Å². The SMILES string of the molecule is Cc1c(S(N)(=O)=O)ccc(CC[O])c1S(N)(=O)=O. The standard InChI is InChI=1S/C9H13N2O5S2/c1-6-8(17(10,13)14)3-2-7(4-5-12)9(6)18(11,15)16/h2-3H,4-5H2,1H3,(H2,10,13,14)(H2,11,15,16). The molecule has 0 unspecified atom stereocenters. The van der Waals surface area contributed by atoms with Crippen LogP contribution in [0.1, 0.15) is 11.1 Å². The molecule has 1 radical (unpaired) electrons. The second-order valence-electron chi connectivity index (χ2n) is 3.72. The van der Waals surface area contributed by atoms with E-state index in [-0.39, 0.29) is 27.3 Å². The zero-order valence-electron chi connectivity index (χ0n) is 9.58. The Morgan fingerprint density at radius 1 is 1.06 bits per heavy atom. The van der Waals surface area contributed by atoms with E-state index < -0.39 is 26.7 Å². The van der Waals surface area contributed by atoms with E-state index >= 15 is 0 Å². The number of primary sulfonamides is 2. The van der Waals surface area contributed by atoms with E-state index in [1.165, 1.54) is 19.1 Å². The van der Waals surface area contributed by atoms with Gasteiger partial charge in [0.2, 0.25) is 20.0 Å². The minimum Gasteiger partial charge on any atom is -0.236 e. The summed E-state index contributed by atoms with van der Waals surface area (Å²) in [5.41, 5.74) is 0.128. The van der Waals surface area contributed by atoms with Crippen molar-refractivity contribution in [1.82, 2.24) is 0 Å². The van der Waals surface area contributed by atoms with Crippen LogP contribution in [0.3, 0.4) is 0 Å². The third kappa shape index (κ3) is 3.06. The molecule has 18 heavy (non-hydrogen) atoms. The minimum atomic E-state index is -4.13. The van der Waals surface area contributed by atoms with Crippen molar-refractivity contribution in [3.8, 4) is 0 Å². The van der Waals surface area contributed by atoms with Crippen molar-refractivity contribution in [2.75, 3.05) is 6.61 Å². The predicted molar refractivity (Wildman–Crippen MR) is 63.2 cm³/mol. The van der Waals surface area contributed by atoms with E-state index in [1.54, 1.807) is 0 Å². The van der Waals surface area contributed by atoms with Crippen molar-refractivity contribution in [2.24, 2.45) is 10.3 Å². The molecule has 0 spiro atoms. The number of nitrogens with two attached hydrogens (primary N) is 2. The van der Waals surface area contributed by atoms with E-state index in [0.29, 0.717) is 0 Å². The fourth-order valence-electron chi connectivity index (χ4n) is 1.74. The van der Waals surface area contributed by atoms with E-state index in [4.69, 9.17) is 10.3 Å². The molecule has 101 valence electrons. The summed E-state index contributed by atoms with van der Waals surface area (Å²) < 4.78 is 45.5. The molecule has 0 bridgehead atoms. The Labute approximate surface area is 106 Å². The monoisotopic (exact) mass is 293 g/mol. The number of benzene rings is 1. The molecule has 0 aliphatic heterocycles. The van der Waals surface area contributed by atoms with Gasteiger partial charge < -0.3 is 0 Å². The van der Waals surface area contributed by atoms with Crippen molar-refractivity contribution >= 4 is 20.0 Å². The highest BCUT2D eigenvalue weighted by atomic mass is 32.2. The van der Waals surface area contributed by atoms with Gasteiger partial charge in [0.15, 0.2) is 0 Å². The first kappa shape index (κ1) is 15.1. The summed E-state index contributed by atoms with van der Waals surface area (Å²) in [5.74, 6) is 0. The smallest absolute Gasteiger partial charge is 0.236 e. The summed E-state index contributed by atoms with van der Waals surface area (Å²) >= 11 is 0. The Kier molecular flexibility index (Phi) is 4.13. The quantitative estimate of drug-likeness (QED) is 0.754. The average molecular weight is 293 g/mol. The lowest BCUT2D eigenvalue weighted by atomic mass is 10.1. The van der Waals surface area contributed by atoms with Gasteiger partial charge >= 0.3 is 0 Å². The van der Waals surface area contributed by atoms with Gasteiger partial charge in [0.25, 0.3) is 0 Å². The zero-order chi connectivity index (χ0) is 14.1. The molecule has 0 saturated carbocycles. The fraction of sp³-hybridized carbons (Fsp3) is 0.333. The molecule has 0 aliphatic rings. The maximum Gasteiger partial charge on any atom is 0.238 e. The molecule has 9 heteroatoms. The predicted octanol–water partition coefficient (Wildman–Crippen LogP) is -0.737. The first-order valence-corrected chi connectivity index (χ1v) is 7.94. The number of sulfonamides is 2. The molecule has 0 aromatic heterocycles. The molecule has 7 nitrogen and oxygen atoms in total. The van der Waals surface area contributed by atoms with Gasteiger partial charge in [-0.3, -0.25) is 0 Å². The highest BCUT2D eigenvalue weighted by Crippen LogP contribution is 2.25. The van der Waals surface area contributed by atoms with Crippen LogP contribution in [0, 0.1) is 6.92 Å². The van der Waals surface area contributed by atoms with Gasteiger partial charge in [-0.05, 0) is 24.1 Å². The zero-order valence-corrected chi connectivity index (χ0v) is 11.2. The lowest BCUT2D eigenvalue weighted by molar-refractivity contribution is 0.196. The minimum absolute atomic E-state index is 0.0580. The lowest BCUT2D eigenvalue weighted by Gasteiger charge is -2.12. The molecular formula is C9H13N2O5S2. The summed E-state index contributed by atoms with van der Waals surface area (Å²) in [5, 5.41) is 20.6. The van der Waals surface area contributed by atoms with Gasteiger partial charge in [-0.15, -0.1) is 0 Å². The molecule has 0 heterocycles. The van der Waals surface area contributed by atoms with Gasteiger partial charge in [-0.25, -0.2) is 32.2 Å². The lowest BCUT2D eigenvalue weighted by Crippen LogP contribution is -2.20. The summed E-state index contributed by atoms with van der Waals surface area (Å²) in [6.45, 7) is 0.754. The molecule has 4 N–H and O–H groups in total. The van der Waals surface area contributed by atoms with Crippen LogP contribution in [0.15, 0.2) is 21.9 Å². The maximum absolute atomic E-state index is 11.5. The van der Waals surface area contributed by atoms with Gasteiger partial charge in [-0.1, -0.05) is 6.07 Å². The molecule has 1 aromatic carbocycles. The Bertz CT molecular complexity index is 664. The van der Waals surface area contributed by atoms with Crippen molar-refractivity contribution in [3.63, 3.8) is 0 Å². The van der Waals surface area contributed by atoms with Crippen LogP contribution in [0.5, 0.6) is 0 Å². The highest BCUT2D eigenvalue weighted by Gasteiger charge is 2.23. The first-order valence-electron chi connectivity index (χ1n) is 4.85. The Hall–Kier alpha value is -1.00. The molecule has 0 amide bonds. The molecule has 0 saturated heterocycles. The highest BCUT2D eigenvalue weighted by molar-refractivity contribution is 7.90. The van der Waals surface area contributed by atoms with Crippen LogP contribution in [0.4, 0.5) is 0 Å². The van der Waals surface area contributed by atoms with Gasteiger partial charge in [0.1, 0.15) is 0 Å². The summed E-state index contributed by atoms with van der Waals surface area (Å²) in [6, 6.07) is 2.41. The Balaban J connectivity index is 3.72. The van der Waals surface area contributed by atoms with Crippen molar-refractivity contribution < 1.29 is 21.9 Å². The van der Waals surface area contributed by atoms with Crippen LogP contribution in [0.2, 0.25) is 0 Å². The van der Waals surface area contributed by atoms with E-state index in [9.17, 15) is 21.9 Å². The van der Waals surface area contributed by atoms with Crippen LogP contribution in [-0.4, -0.2) is 23.4 Å². The van der Waals surface area contributed by atoms with Crippen LogP contribution < -0.4 is 10.3 Å². The Morgan fingerprint density at radius 2 is 1.61 bits per heavy atom. The number of hydrogen-bond acceptors (Lipinski definition) is 4. The van der Waals surface area contributed by atoms with Gasteiger partial charge in [0.05, 0.1) is 16.4 Å². The largest absolute Gasteiger partial charge is 0.238 e. The average Bonchev–Trinajstić information content (AvgIpc) is 2.13. The second kappa shape index (κ2) is 4.94. The third-order valence-corrected chi connectivity index (χ3v) is 4.59. The summed E-state index contributed by atoms with van der Waals surface area (Å²) in [6.07, 6.45) is -0.0580. The second-order valence-corrected chi connectivity index (χ2v) is 6.75. The summed E-state index contributed by atoms with van der Waals surface area (Å²) in [4.78, 5) is -0.661. The first-order chi connectivity index (χ1) is 8.09. The van der Waals surface area contributed by atoms with Gasteiger partial charge in [0, 0.05) is 6.42 Å². The molecule has 1 aromatic rings. The summed E-state index contributed by atoms with van der Waals surface area (Å²) in [7, 11) is -8.17. The van der Waals surface area contributed by atoms with Crippen molar-refractivity contribution in [3.05, 3.63) is 23.3 Å². The molecule has 0 fully saturated rings.